The smallest absolute Gasteiger partial charge is 0.0941 e. The van der Waals surface area contributed by atoms with Gasteiger partial charge in [-0.1, -0.05) is 4.68 Å². The first-order chi connectivity index (χ1) is 3.39. The third-order valence-electron chi connectivity index (χ3n) is 0.748. The van der Waals surface area contributed by atoms with Gasteiger partial charge in [-0.15, -0.1) is 0 Å². The van der Waals surface area contributed by atoms with Crippen molar-refractivity contribution >= 4 is 0 Å². The van der Waals surface area contributed by atoms with Crippen LogP contribution in [0, 0.1) is 0 Å². The summed E-state index contributed by atoms with van der Waals surface area (Å²) in [4.78, 5) is 0. The van der Waals surface area contributed by atoms with E-state index in [1.165, 1.54) is 0 Å². The van der Waals surface area contributed by atoms with Gasteiger partial charge in [0.05, 0.1) is 6.20 Å². The van der Waals surface area contributed by atoms with Crippen LogP contribution in [0.3, 0.4) is 0 Å². The maximum Gasteiger partial charge on any atom is 0.195 e. The van der Waals surface area contributed by atoms with Gasteiger partial charge < -0.3 is 0 Å². The second-order valence-electron chi connectivity index (χ2n) is 1.37. The van der Waals surface area contributed by atoms with Gasteiger partial charge in [0.2, 0.25) is 0 Å². The van der Waals surface area contributed by atoms with Crippen LogP contribution in [0.4, 0.5) is 0 Å². The molecule has 0 amide bonds. The lowest BCUT2D eigenvalue weighted by Gasteiger charge is -1.75. The lowest BCUT2D eigenvalue weighted by molar-refractivity contribution is -0.730. The van der Waals surface area contributed by atoms with Crippen molar-refractivity contribution < 1.29 is 4.68 Å². The van der Waals surface area contributed by atoms with Gasteiger partial charge in [-0.3, -0.25) is 0 Å². The standard InChI is InChI=1S/C5H7N2/c1-7-5-3-2-4-6-7/h2-5H,1H3/q+1. The van der Waals surface area contributed by atoms with Gasteiger partial charge in [0.1, 0.15) is 0 Å². The van der Waals surface area contributed by atoms with Crippen molar-refractivity contribution in [3.05, 3.63) is 24.5 Å². The minimum absolute atomic E-state index is 1.75. The molecule has 0 unspecified atom stereocenters. The van der Waals surface area contributed by atoms with E-state index in [1.54, 1.807) is 10.9 Å². The van der Waals surface area contributed by atoms with E-state index in [4.69, 9.17) is 0 Å². The van der Waals surface area contributed by atoms with Crippen LogP contribution in [0.15, 0.2) is 24.5 Å². The largest absolute Gasteiger partial charge is 0.195 e. The summed E-state index contributed by atoms with van der Waals surface area (Å²) in [6, 6.07) is 3.83. The zero-order valence-electron chi connectivity index (χ0n) is 4.20. The molecule has 36 valence electrons. The summed E-state index contributed by atoms with van der Waals surface area (Å²) < 4.78 is 1.75. The van der Waals surface area contributed by atoms with Crippen LogP contribution in [-0.2, 0) is 7.05 Å². The van der Waals surface area contributed by atoms with Crippen molar-refractivity contribution in [1.29, 1.82) is 0 Å². The first kappa shape index (κ1) is 4.24. The number of aromatic nitrogens is 2. The van der Waals surface area contributed by atoms with Crippen LogP contribution in [0.25, 0.3) is 0 Å². The molecule has 0 atom stereocenters. The molecule has 1 rings (SSSR count). The first-order valence-corrected chi connectivity index (χ1v) is 2.16. The van der Waals surface area contributed by atoms with E-state index in [1.807, 2.05) is 25.4 Å². The van der Waals surface area contributed by atoms with Gasteiger partial charge in [0.15, 0.2) is 13.2 Å². The Balaban J connectivity index is 3.02. The molecule has 0 aromatic carbocycles. The second-order valence-corrected chi connectivity index (χ2v) is 1.37. The van der Waals surface area contributed by atoms with Crippen LogP contribution < -0.4 is 4.68 Å². The predicted molar refractivity (Wildman–Crippen MR) is 25.4 cm³/mol. The van der Waals surface area contributed by atoms with E-state index in [9.17, 15) is 0 Å². The van der Waals surface area contributed by atoms with Gasteiger partial charge in [-0.25, -0.2) is 0 Å². The highest BCUT2D eigenvalue weighted by atomic mass is 15.2. The maximum atomic E-state index is 3.90. The van der Waals surface area contributed by atoms with E-state index in [2.05, 4.69) is 5.10 Å². The van der Waals surface area contributed by atoms with Crippen LogP contribution in [0.5, 0.6) is 0 Å². The Kier molecular flexibility index (Phi) is 1.02. The van der Waals surface area contributed by atoms with E-state index in [0.29, 0.717) is 0 Å². The Morgan fingerprint density at radius 1 is 1.43 bits per heavy atom. The quantitative estimate of drug-likeness (QED) is 0.411. The molecule has 0 aliphatic rings. The van der Waals surface area contributed by atoms with Crippen LogP contribution >= 0.6 is 0 Å². The minimum atomic E-state index is 1.75. The summed E-state index contributed by atoms with van der Waals surface area (Å²) >= 11 is 0. The molecule has 0 aliphatic heterocycles. The summed E-state index contributed by atoms with van der Waals surface area (Å²) in [5.41, 5.74) is 0. The summed E-state index contributed by atoms with van der Waals surface area (Å²) in [6.07, 6.45) is 3.64. The number of nitrogens with zero attached hydrogens (tertiary/aromatic N) is 2. The molecule has 2 heteroatoms. The Hall–Kier alpha value is -0.920. The normalized spacial score (nSPS) is 8.71. The van der Waals surface area contributed by atoms with Gasteiger partial charge in [0.25, 0.3) is 0 Å². The van der Waals surface area contributed by atoms with E-state index < -0.39 is 0 Å². The lowest BCUT2D eigenvalue weighted by atomic mass is 10.6. The lowest BCUT2D eigenvalue weighted by Crippen LogP contribution is -2.30. The van der Waals surface area contributed by atoms with Crippen molar-refractivity contribution in [3.8, 4) is 0 Å². The van der Waals surface area contributed by atoms with Crippen LogP contribution in [0.1, 0.15) is 0 Å². The van der Waals surface area contributed by atoms with Crippen LogP contribution in [0.2, 0.25) is 0 Å². The van der Waals surface area contributed by atoms with Gasteiger partial charge in [-0.05, 0) is 11.2 Å². The fourth-order valence-electron chi connectivity index (χ4n) is 0.406. The molecule has 0 saturated carbocycles. The predicted octanol–water partition coefficient (Wildman–Crippen LogP) is -0.0939. The maximum absolute atomic E-state index is 3.90. The molecule has 0 saturated heterocycles. The highest BCUT2D eigenvalue weighted by Gasteiger charge is 1.80. The molecule has 0 fully saturated rings. The summed E-state index contributed by atoms with van der Waals surface area (Å²) in [5, 5.41) is 3.90. The van der Waals surface area contributed by atoms with Gasteiger partial charge in [-0.2, -0.15) is 0 Å². The molecular formula is C5H7N2+. The SMILES string of the molecule is C[n+]1ccccn1. The van der Waals surface area contributed by atoms with Crippen molar-refractivity contribution in [2.45, 2.75) is 0 Å². The Morgan fingerprint density at radius 2 is 2.29 bits per heavy atom. The Bertz CT molecular complexity index is 136. The van der Waals surface area contributed by atoms with E-state index in [-0.39, 0.29) is 0 Å². The highest BCUT2D eigenvalue weighted by molar-refractivity contribution is 4.76. The molecule has 7 heavy (non-hydrogen) atoms. The van der Waals surface area contributed by atoms with Crippen molar-refractivity contribution in [3.63, 3.8) is 0 Å². The Morgan fingerprint density at radius 3 is 2.57 bits per heavy atom. The number of hydrogen-bond donors (Lipinski definition) is 0. The molecule has 0 bridgehead atoms. The third kappa shape index (κ3) is 0.961. The number of hydrogen-bond acceptors (Lipinski definition) is 1. The molecule has 0 spiro atoms. The topological polar surface area (TPSA) is 16.8 Å². The van der Waals surface area contributed by atoms with Crippen molar-refractivity contribution in [2.24, 2.45) is 7.05 Å². The second kappa shape index (κ2) is 1.69. The highest BCUT2D eigenvalue weighted by Crippen LogP contribution is 1.66. The molecule has 1 heterocycles. The summed E-state index contributed by atoms with van der Waals surface area (Å²) in [7, 11) is 1.89. The number of rotatable bonds is 0. The van der Waals surface area contributed by atoms with Crippen molar-refractivity contribution in [1.82, 2.24) is 5.10 Å². The molecular weight excluding hydrogens is 88.1 g/mol. The van der Waals surface area contributed by atoms with Gasteiger partial charge in [0, 0.05) is 6.07 Å². The minimum Gasteiger partial charge on any atom is -0.0941 e. The molecule has 1 aromatic heterocycles. The Labute approximate surface area is 42.4 Å². The molecule has 0 N–H and O–H groups in total. The van der Waals surface area contributed by atoms with Gasteiger partial charge >= 0.3 is 0 Å². The van der Waals surface area contributed by atoms with Crippen LogP contribution in [-0.4, -0.2) is 5.10 Å². The zero-order valence-corrected chi connectivity index (χ0v) is 4.20. The average molecular weight is 95.1 g/mol. The fourth-order valence-corrected chi connectivity index (χ4v) is 0.406. The monoisotopic (exact) mass is 95.1 g/mol. The molecule has 1 aromatic rings. The summed E-state index contributed by atoms with van der Waals surface area (Å²) in [5.74, 6) is 0. The molecule has 0 radical (unpaired) electrons. The zero-order chi connectivity index (χ0) is 5.11. The van der Waals surface area contributed by atoms with E-state index >= 15 is 0 Å². The molecule has 2 nitrogen and oxygen atoms in total. The van der Waals surface area contributed by atoms with Crippen molar-refractivity contribution in [2.75, 3.05) is 0 Å². The summed E-state index contributed by atoms with van der Waals surface area (Å²) in [6.45, 7) is 0. The molecule has 0 aliphatic carbocycles. The number of aryl methyl sites for hydroxylation is 1. The average Bonchev–Trinajstić information content (AvgIpc) is 1.69. The fraction of sp³-hybridized carbons (Fsp3) is 0.200. The third-order valence-corrected chi connectivity index (χ3v) is 0.748. The first-order valence-electron chi connectivity index (χ1n) is 2.16. The van der Waals surface area contributed by atoms with E-state index in [0.717, 1.165) is 0 Å².